The molecular formula is C9H21B. The largest absolute Gasteiger partial charge is 0.136 e. The van der Waals surface area contributed by atoms with Crippen molar-refractivity contribution in [2.24, 2.45) is 11.8 Å². The molecule has 0 saturated heterocycles. The lowest BCUT2D eigenvalue weighted by molar-refractivity contribution is 0.403. The fraction of sp³-hybridized carbons (Fsp3) is 1.00. The maximum atomic E-state index is 2.36. The van der Waals surface area contributed by atoms with Crippen molar-refractivity contribution < 1.29 is 0 Å². The molecule has 0 radical (unpaired) electrons. The van der Waals surface area contributed by atoms with Crippen LogP contribution in [0.25, 0.3) is 0 Å². The van der Waals surface area contributed by atoms with Crippen LogP contribution in [0.4, 0.5) is 0 Å². The highest BCUT2D eigenvalue weighted by Gasteiger charge is 2.19. The Kier molecular flexibility index (Phi) is 4.08. The summed E-state index contributed by atoms with van der Waals surface area (Å²) in [5.74, 6) is 2.55. The fourth-order valence-electron chi connectivity index (χ4n) is 1.21. The zero-order valence-electron chi connectivity index (χ0n) is 8.31. The van der Waals surface area contributed by atoms with Gasteiger partial charge >= 0.3 is 0 Å². The molecule has 0 rings (SSSR count). The van der Waals surface area contributed by atoms with Crippen LogP contribution in [0.1, 0.15) is 27.7 Å². The van der Waals surface area contributed by atoms with E-state index in [1.54, 1.807) is 0 Å². The van der Waals surface area contributed by atoms with E-state index in [4.69, 9.17) is 0 Å². The predicted molar refractivity (Wildman–Crippen MR) is 50.9 cm³/mol. The molecule has 0 heterocycles. The Morgan fingerprint density at radius 2 is 1.30 bits per heavy atom. The Labute approximate surface area is 66.5 Å². The molecule has 0 fully saturated rings. The minimum Gasteiger partial charge on any atom is -0.0861 e. The monoisotopic (exact) mass is 140 g/mol. The molecule has 1 heteroatoms. The van der Waals surface area contributed by atoms with Crippen molar-refractivity contribution in [1.82, 2.24) is 0 Å². The van der Waals surface area contributed by atoms with Gasteiger partial charge in [-0.25, -0.2) is 0 Å². The minimum atomic E-state index is 0.831. The maximum absolute atomic E-state index is 2.36. The first-order chi connectivity index (χ1) is 4.46. The summed E-state index contributed by atoms with van der Waals surface area (Å²) in [7, 11) is 0. The zero-order valence-corrected chi connectivity index (χ0v) is 8.31. The number of rotatable bonds is 3. The molecule has 2 atom stereocenters. The summed E-state index contributed by atoms with van der Waals surface area (Å²) in [5.41, 5.74) is 0. The van der Waals surface area contributed by atoms with E-state index in [1.807, 2.05) is 0 Å². The summed E-state index contributed by atoms with van der Waals surface area (Å²) < 4.78 is 0. The van der Waals surface area contributed by atoms with Gasteiger partial charge in [-0.05, 0) is 11.8 Å². The zero-order chi connectivity index (χ0) is 8.31. The van der Waals surface area contributed by atoms with Crippen LogP contribution in [-0.2, 0) is 0 Å². The van der Waals surface area contributed by atoms with Crippen LogP contribution >= 0.6 is 0 Å². The number of hydrogen-bond acceptors (Lipinski definition) is 0. The summed E-state index contributed by atoms with van der Waals surface area (Å²) in [6.45, 7) is 14.8. The summed E-state index contributed by atoms with van der Waals surface area (Å²) in [4.78, 5) is 0. The molecule has 0 aromatic carbocycles. The molecule has 0 aromatic rings. The minimum absolute atomic E-state index is 0.831. The van der Waals surface area contributed by atoms with Crippen molar-refractivity contribution in [3.8, 4) is 0 Å². The Morgan fingerprint density at radius 1 is 0.900 bits per heavy atom. The highest BCUT2D eigenvalue weighted by Crippen LogP contribution is 2.27. The average Bonchev–Trinajstić information content (AvgIpc) is 1.84. The normalized spacial score (nSPS) is 17.1. The van der Waals surface area contributed by atoms with E-state index in [0.29, 0.717) is 0 Å². The van der Waals surface area contributed by atoms with Crippen LogP contribution in [0.2, 0.25) is 19.5 Å². The molecule has 0 aliphatic rings. The molecule has 0 nitrogen and oxygen atoms in total. The Morgan fingerprint density at radius 3 is 1.40 bits per heavy atom. The van der Waals surface area contributed by atoms with Crippen molar-refractivity contribution in [3.63, 3.8) is 0 Å². The van der Waals surface area contributed by atoms with Crippen molar-refractivity contribution in [2.75, 3.05) is 0 Å². The van der Waals surface area contributed by atoms with Gasteiger partial charge in [0.05, 0.1) is 0 Å². The van der Waals surface area contributed by atoms with E-state index >= 15 is 0 Å². The highest BCUT2D eigenvalue weighted by atomic mass is 14.1. The van der Waals surface area contributed by atoms with Crippen LogP contribution in [0.5, 0.6) is 0 Å². The Hall–Kier alpha value is 0.0649. The maximum Gasteiger partial charge on any atom is 0.136 e. The average molecular weight is 140 g/mol. The lowest BCUT2D eigenvalue weighted by Crippen LogP contribution is -2.20. The molecule has 0 aliphatic carbocycles. The van der Waals surface area contributed by atoms with Crippen LogP contribution in [0.3, 0.4) is 0 Å². The van der Waals surface area contributed by atoms with Crippen molar-refractivity contribution in [3.05, 3.63) is 0 Å². The third-order valence-electron chi connectivity index (χ3n) is 2.93. The molecule has 0 aromatic heterocycles. The van der Waals surface area contributed by atoms with Gasteiger partial charge in [0.2, 0.25) is 0 Å². The van der Waals surface area contributed by atoms with Gasteiger partial charge in [0.1, 0.15) is 6.71 Å². The van der Waals surface area contributed by atoms with Crippen LogP contribution in [-0.4, -0.2) is 6.71 Å². The van der Waals surface area contributed by atoms with E-state index in [0.717, 1.165) is 24.4 Å². The second kappa shape index (κ2) is 4.05. The molecule has 0 saturated carbocycles. The van der Waals surface area contributed by atoms with Gasteiger partial charge in [0, 0.05) is 0 Å². The first-order valence-corrected chi connectivity index (χ1v) is 4.46. The third-order valence-corrected chi connectivity index (χ3v) is 2.93. The standard InChI is InChI=1S/C9H21B/c1-7(2)8(3)9(4)10(5)6/h7-9H,1-6H3. The van der Waals surface area contributed by atoms with E-state index in [1.165, 1.54) is 0 Å². The SMILES string of the molecule is CB(C)C(C)C(C)C(C)C. The fourth-order valence-corrected chi connectivity index (χ4v) is 1.21. The van der Waals surface area contributed by atoms with Gasteiger partial charge in [-0.1, -0.05) is 47.2 Å². The molecule has 0 bridgehead atoms. The Balaban J connectivity index is 3.81. The molecular weight excluding hydrogens is 119 g/mol. The van der Waals surface area contributed by atoms with E-state index in [9.17, 15) is 0 Å². The topological polar surface area (TPSA) is 0 Å². The molecule has 0 spiro atoms. The van der Waals surface area contributed by atoms with Gasteiger partial charge in [0.25, 0.3) is 0 Å². The third kappa shape index (κ3) is 2.77. The molecule has 60 valence electrons. The van der Waals surface area contributed by atoms with Crippen LogP contribution < -0.4 is 0 Å². The molecule has 0 N–H and O–H groups in total. The first-order valence-electron chi connectivity index (χ1n) is 4.46. The van der Waals surface area contributed by atoms with Crippen LogP contribution in [0.15, 0.2) is 0 Å². The lowest BCUT2D eigenvalue weighted by Gasteiger charge is -2.24. The summed E-state index contributed by atoms with van der Waals surface area (Å²) >= 11 is 0. The molecule has 2 unspecified atom stereocenters. The lowest BCUT2D eigenvalue weighted by atomic mass is 9.42. The Bertz CT molecular complexity index is 74.7. The second-order valence-electron chi connectivity index (χ2n) is 4.21. The summed E-state index contributed by atoms with van der Waals surface area (Å²) in [5, 5.41) is 0. The quantitative estimate of drug-likeness (QED) is 0.527. The van der Waals surface area contributed by atoms with Gasteiger partial charge in [0.15, 0.2) is 0 Å². The van der Waals surface area contributed by atoms with E-state index in [2.05, 4.69) is 41.3 Å². The molecule has 0 amide bonds. The molecule has 0 aliphatic heterocycles. The van der Waals surface area contributed by atoms with Gasteiger partial charge in [-0.3, -0.25) is 0 Å². The summed E-state index contributed by atoms with van der Waals surface area (Å²) in [6, 6.07) is 0. The predicted octanol–water partition coefficient (Wildman–Crippen LogP) is 3.42. The van der Waals surface area contributed by atoms with Gasteiger partial charge in [-0.2, -0.15) is 0 Å². The van der Waals surface area contributed by atoms with Crippen LogP contribution in [0, 0.1) is 11.8 Å². The van der Waals surface area contributed by atoms with E-state index < -0.39 is 0 Å². The van der Waals surface area contributed by atoms with Crippen molar-refractivity contribution in [2.45, 2.75) is 47.2 Å². The van der Waals surface area contributed by atoms with E-state index in [-0.39, 0.29) is 0 Å². The first kappa shape index (κ1) is 10.1. The smallest absolute Gasteiger partial charge is 0.0861 e. The van der Waals surface area contributed by atoms with Gasteiger partial charge < -0.3 is 0 Å². The van der Waals surface area contributed by atoms with Gasteiger partial charge in [-0.15, -0.1) is 0 Å². The second-order valence-corrected chi connectivity index (χ2v) is 4.21. The van der Waals surface area contributed by atoms with Crippen molar-refractivity contribution >= 4 is 6.71 Å². The number of hydrogen-bond donors (Lipinski definition) is 0. The van der Waals surface area contributed by atoms with Crippen molar-refractivity contribution in [1.29, 1.82) is 0 Å². The molecule has 10 heavy (non-hydrogen) atoms. The summed E-state index contributed by atoms with van der Waals surface area (Å²) in [6.07, 6.45) is 0. The highest BCUT2D eigenvalue weighted by molar-refractivity contribution is 6.57.